The molecule has 4 heteroatoms. The number of nitrogens with zero attached hydrogens (tertiary/aromatic N) is 1. The second-order valence-electron chi connectivity index (χ2n) is 4.06. The van der Waals surface area contributed by atoms with Gasteiger partial charge < -0.3 is 5.32 Å². The van der Waals surface area contributed by atoms with Crippen LogP contribution >= 0.6 is 23.1 Å². The Morgan fingerprint density at radius 2 is 2.53 bits per heavy atom. The summed E-state index contributed by atoms with van der Waals surface area (Å²) < 4.78 is 0. The predicted molar refractivity (Wildman–Crippen MR) is 68.8 cm³/mol. The van der Waals surface area contributed by atoms with Crippen LogP contribution in [-0.4, -0.2) is 23.8 Å². The molecule has 2 atom stereocenters. The molecule has 2 heterocycles. The summed E-state index contributed by atoms with van der Waals surface area (Å²) in [7, 11) is 2.01. The largest absolute Gasteiger partial charge is 0.317 e. The second kappa shape index (κ2) is 5.32. The number of likely N-dealkylation sites (N-methyl/N-ethyl adjacent to an activating group) is 1. The zero-order chi connectivity index (χ0) is 10.7. The van der Waals surface area contributed by atoms with Crippen LogP contribution in [-0.2, 0) is 6.42 Å². The molecule has 84 valence electrons. The van der Waals surface area contributed by atoms with E-state index in [-0.39, 0.29) is 0 Å². The monoisotopic (exact) mass is 242 g/mol. The molecule has 0 aromatic carbocycles. The van der Waals surface area contributed by atoms with Crippen LogP contribution in [0.1, 0.15) is 34.9 Å². The van der Waals surface area contributed by atoms with Crippen LogP contribution in [0.15, 0.2) is 6.20 Å². The van der Waals surface area contributed by atoms with E-state index < -0.39 is 0 Å². The molecule has 2 rings (SSSR count). The van der Waals surface area contributed by atoms with Gasteiger partial charge >= 0.3 is 0 Å². The molecule has 2 nitrogen and oxygen atoms in total. The minimum Gasteiger partial charge on any atom is -0.317 e. The lowest BCUT2D eigenvalue weighted by Gasteiger charge is -2.07. The molecule has 1 saturated heterocycles. The summed E-state index contributed by atoms with van der Waals surface area (Å²) in [6, 6.07) is 0.550. The van der Waals surface area contributed by atoms with Gasteiger partial charge in [-0.25, -0.2) is 4.98 Å². The second-order valence-corrected chi connectivity index (χ2v) is 6.52. The van der Waals surface area contributed by atoms with Gasteiger partial charge in [-0.05, 0) is 39.0 Å². The molecule has 0 saturated carbocycles. The normalized spacial score (nSPS) is 23.2. The number of rotatable bonds is 4. The first-order chi connectivity index (χ1) is 7.29. The fraction of sp³-hybridized carbons (Fsp3) is 0.727. The highest BCUT2D eigenvalue weighted by Crippen LogP contribution is 2.41. The molecule has 0 radical (unpaired) electrons. The molecular weight excluding hydrogens is 224 g/mol. The fourth-order valence-electron chi connectivity index (χ4n) is 1.74. The van der Waals surface area contributed by atoms with Crippen molar-refractivity contribution in [3.8, 4) is 0 Å². The zero-order valence-corrected chi connectivity index (χ0v) is 11.0. The molecule has 0 spiro atoms. The Kier molecular flexibility index (Phi) is 4.05. The van der Waals surface area contributed by atoms with E-state index in [1.54, 1.807) is 0 Å². The summed E-state index contributed by atoms with van der Waals surface area (Å²) in [4.78, 5) is 5.97. The Bertz CT molecular complexity index is 305. The Labute approximate surface area is 99.9 Å². The highest BCUT2D eigenvalue weighted by Gasteiger charge is 2.20. The van der Waals surface area contributed by atoms with E-state index in [9.17, 15) is 0 Å². The molecule has 0 aliphatic carbocycles. The number of hydrogen-bond donors (Lipinski definition) is 1. The number of thioether (sulfide) groups is 1. The van der Waals surface area contributed by atoms with E-state index >= 15 is 0 Å². The Morgan fingerprint density at radius 3 is 3.20 bits per heavy atom. The summed E-state index contributed by atoms with van der Waals surface area (Å²) in [6.07, 6.45) is 5.84. The van der Waals surface area contributed by atoms with Gasteiger partial charge in [0.15, 0.2) is 0 Å². The van der Waals surface area contributed by atoms with Crippen molar-refractivity contribution in [1.82, 2.24) is 10.3 Å². The van der Waals surface area contributed by atoms with E-state index in [4.69, 9.17) is 0 Å². The molecule has 1 N–H and O–H groups in total. The number of aromatic nitrogens is 1. The minimum atomic E-state index is 0.550. The van der Waals surface area contributed by atoms with Crippen molar-refractivity contribution >= 4 is 23.1 Å². The van der Waals surface area contributed by atoms with Crippen molar-refractivity contribution in [3.05, 3.63) is 16.1 Å². The Balaban J connectivity index is 1.97. The Hall–Kier alpha value is -0.0600. The third-order valence-corrected chi connectivity index (χ3v) is 5.44. The lowest BCUT2D eigenvalue weighted by atomic mass is 10.2. The van der Waals surface area contributed by atoms with Crippen molar-refractivity contribution in [2.45, 2.75) is 37.5 Å². The number of hydrogen-bond acceptors (Lipinski definition) is 4. The van der Waals surface area contributed by atoms with Gasteiger partial charge in [0, 0.05) is 17.1 Å². The molecule has 0 amide bonds. The van der Waals surface area contributed by atoms with Gasteiger partial charge in [0.2, 0.25) is 0 Å². The first kappa shape index (κ1) is 11.4. The first-order valence-corrected chi connectivity index (χ1v) is 7.39. The molecule has 1 aromatic rings. The summed E-state index contributed by atoms with van der Waals surface area (Å²) in [5.41, 5.74) is 0. The van der Waals surface area contributed by atoms with E-state index in [0.29, 0.717) is 11.3 Å². The average molecular weight is 242 g/mol. The molecule has 2 unspecified atom stereocenters. The Morgan fingerprint density at radius 1 is 1.67 bits per heavy atom. The van der Waals surface area contributed by atoms with Crippen LogP contribution in [0.5, 0.6) is 0 Å². The minimum absolute atomic E-state index is 0.550. The molecule has 0 bridgehead atoms. The third-order valence-electron chi connectivity index (χ3n) is 2.78. The van der Waals surface area contributed by atoms with Crippen LogP contribution in [0, 0.1) is 0 Å². The summed E-state index contributed by atoms with van der Waals surface area (Å²) >= 11 is 3.97. The van der Waals surface area contributed by atoms with Gasteiger partial charge in [-0.3, -0.25) is 0 Å². The highest BCUT2D eigenvalue weighted by atomic mass is 32.2. The number of thiazole rings is 1. The van der Waals surface area contributed by atoms with Gasteiger partial charge in [-0.2, -0.15) is 11.8 Å². The molecule has 1 aliphatic heterocycles. The van der Waals surface area contributed by atoms with E-state index in [0.717, 1.165) is 6.42 Å². The number of nitrogens with one attached hydrogen (secondary N) is 1. The molecule has 1 aliphatic rings. The third kappa shape index (κ3) is 2.95. The zero-order valence-electron chi connectivity index (χ0n) is 9.32. The van der Waals surface area contributed by atoms with Crippen molar-refractivity contribution in [3.63, 3.8) is 0 Å². The summed E-state index contributed by atoms with van der Waals surface area (Å²) in [5, 5.41) is 5.30. The van der Waals surface area contributed by atoms with Crippen LogP contribution in [0.2, 0.25) is 0 Å². The molecule has 15 heavy (non-hydrogen) atoms. The quantitative estimate of drug-likeness (QED) is 0.879. The van der Waals surface area contributed by atoms with Crippen molar-refractivity contribution < 1.29 is 0 Å². The molecular formula is C11H18N2S2. The first-order valence-electron chi connectivity index (χ1n) is 5.53. The summed E-state index contributed by atoms with van der Waals surface area (Å²) in [6.45, 7) is 2.21. The maximum atomic E-state index is 4.56. The standard InChI is InChI=1S/C11H18N2S2/c1-8(12-2)6-9-7-13-11(15-9)10-4-3-5-14-10/h7-8,10,12H,3-6H2,1-2H3. The van der Waals surface area contributed by atoms with Crippen LogP contribution in [0.3, 0.4) is 0 Å². The van der Waals surface area contributed by atoms with Crippen LogP contribution < -0.4 is 5.32 Å². The van der Waals surface area contributed by atoms with Gasteiger partial charge in [0.25, 0.3) is 0 Å². The lowest BCUT2D eigenvalue weighted by molar-refractivity contribution is 0.612. The van der Waals surface area contributed by atoms with Gasteiger partial charge in [-0.15, -0.1) is 11.3 Å². The van der Waals surface area contributed by atoms with E-state index in [1.807, 2.05) is 18.4 Å². The maximum Gasteiger partial charge on any atom is 0.106 e. The van der Waals surface area contributed by atoms with Crippen molar-refractivity contribution in [2.75, 3.05) is 12.8 Å². The fourth-order valence-corrected chi connectivity index (χ4v) is 4.31. The van der Waals surface area contributed by atoms with Crippen molar-refractivity contribution in [1.29, 1.82) is 0 Å². The van der Waals surface area contributed by atoms with Crippen LogP contribution in [0.25, 0.3) is 0 Å². The predicted octanol–water partition coefficient (Wildman–Crippen LogP) is 2.86. The molecule has 1 aromatic heterocycles. The van der Waals surface area contributed by atoms with E-state index in [1.165, 1.54) is 28.5 Å². The van der Waals surface area contributed by atoms with Gasteiger partial charge in [0.1, 0.15) is 5.01 Å². The highest BCUT2D eigenvalue weighted by molar-refractivity contribution is 7.99. The average Bonchev–Trinajstić information content (AvgIpc) is 2.85. The topological polar surface area (TPSA) is 24.9 Å². The van der Waals surface area contributed by atoms with Gasteiger partial charge in [-0.1, -0.05) is 0 Å². The smallest absolute Gasteiger partial charge is 0.106 e. The van der Waals surface area contributed by atoms with Gasteiger partial charge in [0.05, 0.1) is 5.25 Å². The maximum absolute atomic E-state index is 4.56. The lowest BCUT2D eigenvalue weighted by Crippen LogP contribution is -2.22. The van der Waals surface area contributed by atoms with Crippen LogP contribution in [0.4, 0.5) is 0 Å². The van der Waals surface area contributed by atoms with Crippen molar-refractivity contribution in [2.24, 2.45) is 0 Å². The van der Waals surface area contributed by atoms with E-state index in [2.05, 4.69) is 35.2 Å². The molecule has 1 fully saturated rings. The SMILES string of the molecule is CNC(C)Cc1cnc(C2CCCS2)s1. The summed E-state index contributed by atoms with van der Waals surface area (Å²) in [5.74, 6) is 1.31.